The summed E-state index contributed by atoms with van der Waals surface area (Å²) in [5.74, 6) is 1.07. The predicted molar refractivity (Wildman–Crippen MR) is 99.9 cm³/mol. The second kappa shape index (κ2) is 7.57. The lowest BCUT2D eigenvalue weighted by Crippen LogP contribution is -2.16. The van der Waals surface area contributed by atoms with Crippen LogP contribution in [0, 0.1) is 13.8 Å². The highest BCUT2D eigenvalue weighted by Crippen LogP contribution is 2.19. The number of hydrogen-bond acceptors (Lipinski definition) is 4. The van der Waals surface area contributed by atoms with Gasteiger partial charge in [-0.25, -0.2) is 4.68 Å². The second-order valence-electron chi connectivity index (χ2n) is 5.84. The predicted octanol–water partition coefficient (Wildman–Crippen LogP) is 3.30. The lowest BCUT2D eigenvalue weighted by molar-refractivity contribution is -0.113. The van der Waals surface area contributed by atoms with Crippen LogP contribution in [0.15, 0.2) is 47.9 Å². The van der Waals surface area contributed by atoms with Crippen LogP contribution in [0.2, 0.25) is 0 Å². The first-order valence-electron chi connectivity index (χ1n) is 8.15. The fraction of sp³-hybridized carbons (Fsp3) is 0.278. The molecule has 0 radical (unpaired) electrons. The molecule has 0 aliphatic rings. The van der Waals surface area contributed by atoms with Crippen LogP contribution in [0.3, 0.4) is 0 Å². The van der Waals surface area contributed by atoms with Gasteiger partial charge in [-0.15, -0.1) is 10.2 Å². The molecule has 0 bridgehead atoms. The van der Waals surface area contributed by atoms with Gasteiger partial charge in [0, 0.05) is 24.5 Å². The van der Waals surface area contributed by atoms with E-state index in [1.165, 1.54) is 11.8 Å². The van der Waals surface area contributed by atoms with Crippen molar-refractivity contribution in [1.29, 1.82) is 0 Å². The largest absolute Gasteiger partial charge is 0.325 e. The highest BCUT2D eigenvalue weighted by atomic mass is 32.2. The molecule has 0 fully saturated rings. The maximum absolute atomic E-state index is 12.3. The van der Waals surface area contributed by atoms with E-state index in [1.807, 2.05) is 66.8 Å². The number of nitrogens with one attached hydrogen (secondary N) is 1. The molecule has 7 heteroatoms. The molecule has 0 aliphatic carbocycles. The van der Waals surface area contributed by atoms with Gasteiger partial charge in [0.15, 0.2) is 5.82 Å². The summed E-state index contributed by atoms with van der Waals surface area (Å²) in [5.41, 5.74) is 3.08. The molecule has 0 spiro atoms. The number of nitrogens with zero attached hydrogens (tertiary/aromatic N) is 4. The number of amides is 1. The molecule has 0 unspecified atom stereocenters. The molecule has 1 N–H and O–H groups in total. The van der Waals surface area contributed by atoms with Gasteiger partial charge in [0.2, 0.25) is 11.1 Å². The van der Waals surface area contributed by atoms with E-state index in [0.29, 0.717) is 5.16 Å². The summed E-state index contributed by atoms with van der Waals surface area (Å²) in [6, 6.07) is 9.90. The standard InChI is InChI=1S/C18H21N5OS/c1-4-16-20-21-18(23(16)22-7-5-6-8-22)25-12-17(24)19-15-10-13(2)9-14(3)11-15/h5-11H,4,12H2,1-3H3,(H,19,24). The smallest absolute Gasteiger partial charge is 0.234 e. The number of rotatable bonds is 6. The Balaban J connectivity index is 1.69. The van der Waals surface area contributed by atoms with E-state index in [0.717, 1.165) is 29.1 Å². The maximum Gasteiger partial charge on any atom is 0.234 e. The van der Waals surface area contributed by atoms with Crippen molar-refractivity contribution in [2.24, 2.45) is 0 Å². The van der Waals surface area contributed by atoms with Gasteiger partial charge in [-0.2, -0.15) is 0 Å². The lowest BCUT2D eigenvalue weighted by Gasteiger charge is -2.10. The molecule has 0 saturated carbocycles. The summed E-state index contributed by atoms with van der Waals surface area (Å²) in [7, 11) is 0. The molecule has 0 atom stereocenters. The van der Waals surface area contributed by atoms with Crippen molar-refractivity contribution in [3.63, 3.8) is 0 Å². The topological polar surface area (TPSA) is 64.7 Å². The molecule has 1 amide bonds. The fourth-order valence-corrected chi connectivity index (χ4v) is 3.42. The van der Waals surface area contributed by atoms with Gasteiger partial charge in [-0.3, -0.25) is 9.47 Å². The Hall–Kier alpha value is -2.54. The van der Waals surface area contributed by atoms with Crippen LogP contribution >= 0.6 is 11.8 Å². The zero-order valence-corrected chi connectivity index (χ0v) is 15.4. The minimum Gasteiger partial charge on any atom is -0.325 e. The van der Waals surface area contributed by atoms with Crippen molar-refractivity contribution in [1.82, 2.24) is 19.5 Å². The van der Waals surface area contributed by atoms with Crippen LogP contribution in [0.4, 0.5) is 5.69 Å². The summed E-state index contributed by atoms with van der Waals surface area (Å²) >= 11 is 1.37. The molecule has 1 aromatic carbocycles. The molecule has 2 aromatic heterocycles. The molecule has 3 rings (SSSR count). The molecule has 2 heterocycles. The normalized spacial score (nSPS) is 10.8. The maximum atomic E-state index is 12.3. The zero-order valence-electron chi connectivity index (χ0n) is 14.6. The molecule has 130 valence electrons. The van der Waals surface area contributed by atoms with E-state index in [4.69, 9.17) is 0 Å². The highest BCUT2D eigenvalue weighted by Gasteiger charge is 2.14. The first kappa shape index (κ1) is 17.3. The van der Waals surface area contributed by atoms with E-state index >= 15 is 0 Å². The molecule has 0 saturated heterocycles. The minimum atomic E-state index is -0.0601. The number of carbonyl (C=O) groups is 1. The van der Waals surface area contributed by atoms with Crippen molar-refractivity contribution < 1.29 is 4.79 Å². The quantitative estimate of drug-likeness (QED) is 0.689. The number of thioether (sulfide) groups is 1. The molecule has 3 aromatic rings. The Morgan fingerprint density at radius 2 is 1.80 bits per heavy atom. The third kappa shape index (κ3) is 4.11. The van der Waals surface area contributed by atoms with Crippen LogP contribution in [-0.2, 0) is 11.2 Å². The number of aromatic nitrogens is 4. The van der Waals surface area contributed by atoms with Gasteiger partial charge >= 0.3 is 0 Å². The number of carbonyl (C=O) groups excluding carboxylic acids is 1. The van der Waals surface area contributed by atoms with Crippen molar-refractivity contribution in [2.75, 3.05) is 11.1 Å². The molecular weight excluding hydrogens is 334 g/mol. The number of anilines is 1. The monoisotopic (exact) mass is 355 g/mol. The second-order valence-corrected chi connectivity index (χ2v) is 6.78. The van der Waals surface area contributed by atoms with Gasteiger partial charge in [-0.05, 0) is 49.2 Å². The van der Waals surface area contributed by atoms with Gasteiger partial charge in [-0.1, -0.05) is 24.8 Å². The molecule has 0 aliphatic heterocycles. The summed E-state index contributed by atoms with van der Waals surface area (Å²) in [6.45, 7) is 6.07. The lowest BCUT2D eigenvalue weighted by atomic mass is 10.1. The zero-order chi connectivity index (χ0) is 17.8. The third-order valence-corrected chi connectivity index (χ3v) is 4.57. The fourth-order valence-electron chi connectivity index (χ4n) is 2.67. The Labute approximate surface area is 151 Å². The van der Waals surface area contributed by atoms with Gasteiger partial charge in [0.1, 0.15) is 0 Å². The van der Waals surface area contributed by atoms with E-state index in [1.54, 1.807) is 0 Å². The average Bonchev–Trinajstić information content (AvgIpc) is 3.20. The average molecular weight is 355 g/mol. The highest BCUT2D eigenvalue weighted by molar-refractivity contribution is 7.99. The van der Waals surface area contributed by atoms with E-state index < -0.39 is 0 Å². The summed E-state index contributed by atoms with van der Waals surface area (Å²) in [4.78, 5) is 12.3. The van der Waals surface area contributed by atoms with Gasteiger partial charge in [0.25, 0.3) is 0 Å². The van der Waals surface area contributed by atoms with Crippen molar-refractivity contribution in [3.8, 4) is 0 Å². The van der Waals surface area contributed by atoms with Crippen LogP contribution < -0.4 is 5.32 Å². The van der Waals surface area contributed by atoms with Gasteiger partial charge in [0.05, 0.1) is 5.75 Å². The molecular formula is C18H21N5OS. The van der Waals surface area contributed by atoms with Crippen molar-refractivity contribution in [3.05, 3.63) is 59.7 Å². The van der Waals surface area contributed by atoms with E-state index in [2.05, 4.69) is 21.6 Å². The first-order chi connectivity index (χ1) is 12.1. The number of benzene rings is 1. The summed E-state index contributed by atoms with van der Waals surface area (Å²) < 4.78 is 3.84. The third-order valence-electron chi connectivity index (χ3n) is 3.65. The van der Waals surface area contributed by atoms with Crippen molar-refractivity contribution in [2.45, 2.75) is 32.3 Å². The summed E-state index contributed by atoms with van der Waals surface area (Å²) in [5, 5.41) is 12.1. The van der Waals surface area contributed by atoms with E-state index in [-0.39, 0.29) is 11.7 Å². The van der Waals surface area contributed by atoms with Gasteiger partial charge < -0.3 is 5.32 Å². The van der Waals surface area contributed by atoms with Crippen molar-refractivity contribution >= 4 is 23.4 Å². The number of hydrogen-bond donors (Lipinski definition) is 1. The number of aryl methyl sites for hydroxylation is 3. The van der Waals surface area contributed by atoms with Crippen LogP contribution in [0.5, 0.6) is 0 Å². The van der Waals surface area contributed by atoms with Crippen LogP contribution in [0.1, 0.15) is 23.9 Å². The Bertz CT molecular complexity index is 849. The Kier molecular flexibility index (Phi) is 5.23. The SMILES string of the molecule is CCc1nnc(SCC(=O)Nc2cc(C)cc(C)c2)n1-n1cccc1. The van der Waals surface area contributed by atoms with Crippen LogP contribution in [0.25, 0.3) is 0 Å². The van der Waals surface area contributed by atoms with E-state index in [9.17, 15) is 4.79 Å². The summed E-state index contributed by atoms with van der Waals surface area (Å²) in [6.07, 6.45) is 4.63. The Morgan fingerprint density at radius 3 is 2.44 bits per heavy atom. The Morgan fingerprint density at radius 1 is 1.12 bits per heavy atom. The first-order valence-corrected chi connectivity index (χ1v) is 9.14. The molecule has 25 heavy (non-hydrogen) atoms. The molecule has 6 nitrogen and oxygen atoms in total. The minimum absolute atomic E-state index is 0.0601. The van der Waals surface area contributed by atoms with Crippen LogP contribution in [-0.4, -0.2) is 31.2 Å².